The normalized spacial score (nSPS) is 18.1. The Morgan fingerprint density at radius 2 is 0.726 bits per heavy atom. The van der Waals surface area contributed by atoms with Gasteiger partial charge in [0.05, 0.1) is 0 Å². The fourth-order valence-corrected chi connectivity index (χ4v) is 11.5. The highest BCUT2D eigenvalue weighted by atomic mass is 15.1. The summed E-state index contributed by atoms with van der Waals surface area (Å²) < 4.78 is 0. The van der Waals surface area contributed by atoms with Crippen LogP contribution in [0, 0.1) is 11.8 Å². The molecule has 296 valence electrons. The number of rotatable bonds is 8. The lowest BCUT2D eigenvalue weighted by molar-refractivity contribution is 0.327. The van der Waals surface area contributed by atoms with Gasteiger partial charge in [0.15, 0.2) is 0 Å². The highest BCUT2D eigenvalue weighted by Crippen LogP contribution is 2.65. The van der Waals surface area contributed by atoms with Crippen LogP contribution in [-0.2, 0) is 5.41 Å². The van der Waals surface area contributed by atoms with Crippen LogP contribution in [-0.4, -0.2) is 0 Å². The maximum absolute atomic E-state index is 2.55. The number of anilines is 3. The van der Waals surface area contributed by atoms with E-state index in [0.29, 0.717) is 0 Å². The number of fused-ring (bicyclic) bond motifs is 8. The molecule has 0 aliphatic heterocycles. The SMILES string of the molecule is c1ccc(-c2ccc(N(c3ccc(-c4ccc(-c5ccc6c(c5)C5(CC7CCC5C7)c5ccccc5-6)cc4)cc3)c3ccc(-c4ccccc4-c4ccccc4)cc3)cc2)cc1. The average molecular weight is 794 g/mol. The highest BCUT2D eigenvalue weighted by Gasteiger charge is 2.56. The minimum absolute atomic E-state index is 0.195. The zero-order valence-corrected chi connectivity index (χ0v) is 34.8. The fraction of sp³-hybridized carbons (Fsp3) is 0.115. The van der Waals surface area contributed by atoms with Gasteiger partial charge in [-0.15, -0.1) is 0 Å². The van der Waals surface area contributed by atoms with Crippen molar-refractivity contribution in [2.75, 3.05) is 4.90 Å². The Morgan fingerprint density at radius 3 is 1.26 bits per heavy atom. The van der Waals surface area contributed by atoms with E-state index in [2.05, 4.69) is 229 Å². The Bertz CT molecular complexity index is 3040. The van der Waals surface area contributed by atoms with Gasteiger partial charge in [-0.3, -0.25) is 0 Å². The quantitative estimate of drug-likeness (QED) is 0.148. The summed E-state index contributed by atoms with van der Waals surface area (Å²) in [5.74, 6) is 1.64. The largest absolute Gasteiger partial charge is 0.311 e. The van der Waals surface area contributed by atoms with E-state index < -0.39 is 0 Å². The van der Waals surface area contributed by atoms with Crippen molar-refractivity contribution in [2.24, 2.45) is 11.8 Å². The lowest BCUT2D eigenvalue weighted by Gasteiger charge is -2.36. The van der Waals surface area contributed by atoms with E-state index in [4.69, 9.17) is 0 Å². The molecule has 9 aromatic rings. The van der Waals surface area contributed by atoms with Crippen molar-refractivity contribution in [1.29, 1.82) is 0 Å². The van der Waals surface area contributed by atoms with Crippen LogP contribution >= 0.6 is 0 Å². The molecule has 12 rings (SSSR count). The molecule has 2 saturated carbocycles. The van der Waals surface area contributed by atoms with E-state index in [0.717, 1.165) is 28.9 Å². The van der Waals surface area contributed by atoms with Crippen molar-refractivity contribution in [1.82, 2.24) is 0 Å². The Kier molecular flexibility index (Phi) is 8.89. The third-order valence-corrected chi connectivity index (χ3v) is 14.4. The van der Waals surface area contributed by atoms with Crippen LogP contribution in [0.25, 0.3) is 66.8 Å². The first-order valence-electron chi connectivity index (χ1n) is 22.4. The topological polar surface area (TPSA) is 3.24 Å². The van der Waals surface area contributed by atoms with Crippen molar-refractivity contribution in [3.63, 3.8) is 0 Å². The number of nitrogens with zero attached hydrogens (tertiary/aromatic N) is 1. The number of hydrogen-bond donors (Lipinski definition) is 0. The van der Waals surface area contributed by atoms with Gasteiger partial charge in [-0.1, -0.05) is 188 Å². The molecule has 3 atom stereocenters. The first kappa shape index (κ1) is 36.6. The molecule has 1 heteroatoms. The van der Waals surface area contributed by atoms with Crippen molar-refractivity contribution in [3.8, 4) is 66.8 Å². The molecule has 0 saturated heterocycles. The molecule has 0 aromatic heterocycles. The van der Waals surface area contributed by atoms with Crippen LogP contribution in [0.4, 0.5) is 17.1 Å². The van der Waals surface area contributed by atoms with Crippen LogP contribution < -0.4 is 4.90 Å². The first-order chi connectivity index (χ1) is 30.7. The van der Waals surface area contributed by atoms with Crippen LogP contribution in [0.3, 0.4) is 0 Å². The fourth-order valence-electron chi connectivity index (χ4n) is 11.5. The third kappa shape index (κ3) is 6.14. The second-order valence-corrected chi connectivity index (χ2v) is 17.7. The second-order valence-electron chi connectivity index (χ2n) is 17.7. The lowest BCUT2D eigenvalue weighted by atomic mass is 9.66. The maximum Gasteiger partial charge on any atom is 0.0462 e. The Balaban J connectivity index is 0.855. The van der Waals surface area contributed by atoms with Gasteiger partial charge in [-0.05, 0) is 151 Å². The van der Waals surface area contributed by atoms with Gasteiger partial charge < -0.3 is 4.90 Å². The maximum atomic E-state index is 2.55. The molecule has 1 nitrogen and oxygen atoms in total. The molecule has 62 heavy (non-hydrogen) atoms. The van der Waals surface area contributed by atoms with Gasteiger partial charge >= 0.3 is 0 Å². The molecule has 1 spiro atoms. The van der Waals surface area contributed by atoms with Gasteiger partial charge in [0.1, 0.15) is 0 Å². The molecule has 0 heterocycles. The summed E-state index contributed by atoms with van der Waals surface area (Å²) in [6.45, 7) is 0. The highest BCUT2D eigenvalue weighted by molar-refractivity contribution is 5.87. The zero-order valence-electron chi connectivity index (χ0n) is 34.8. The molecular formula is C61H47N. The van der Waals surface area contributed by atoms with Gasteiger partial charge in [-0.2, -0.15) is 0 Å². The lowest BCUT2D eigenvalue weighted by Crippen LogP contribution is -2.31. The first-order valence-corrected chi connectivity index (χ1v) is 22.4. The summed E-state index contributed by atoms with van der Waals surface area (Å²) in [6, 6.07) is 82.8. The van der Waals surface area contributed by atoms with E-state index in [1.54, 1.807) is 11.1 Å². The molecule has 2 bridgehead atoms. The molecule has 0 radical (unpaired) electrons. The van der Waals surface area contributed by atoms with Crippen molar-refractivity contribution < 1.29 is 0 Å². The zero-order chi connectivity index (χ0) is 41.0. The Labute approximate surface area is 365 Å². The molecule has 3 aliphatic carbocycles. The van der Waals surface area contributed by atoms with Crippen molar-refractivity contribution >= 4 is 17.1 Å². The van der Waals surface area contributed by atoms with Gasteiger partial charge in [0.2, 0.25) is 0 Å². The van der Waals surface area contributed by atoms with Crippen LogP contribution in [0.15, 0.2) is 224 Å². The Morgan fingerprint density at radius 1 is 0.323 bits per heavy atom. The number of hydrogen-bond acceptors (Lipinski definition) is 1. The smallest absolute Gasteiger partial charge is 0.0462 e. The minimum atomic E-state index is 0.195. The number of benzene rings is 9. The van der Waals surface area contributed by atoms with Crippen LogP contribution in [0.1, 0.15) is 36.8 Å². The predicted octanol–water partition coefficient (Wildman–Crippen LogP) is 16.6. The molecule has 0 amide bonds. The van der Waals surface area contributed by atoms with Crippen LogP contribution in [0.2, 0.25) is 0 Å². The third-order valence-electron chi connectivity index (χ3n) is 14.4. The van der Waals surface area contributed by atoms with Gasteiger partial charge in [0.25, 0.3) is 0 Å². The standard InChI is InChI=1S/C61H47N/c1-3-11-43(12-4-1)45-24-32-52(33-25-45)62(54-36-28-49(29-37-54)56-16-8-7-15-55(56)48-13-5-2-6-14-48)53-34-26-46(27-35-53)44-20-22-47(23-21-44)50-30-38-58-57-17-9-10-18-59(57)61(60(58)40-50)41-42-19-31-51(61)39-42/h1-18,20-30,32-38,40,42,51H,19,31,39,41H2. The van der Waals surface area contributed by atoms with Crippen molar-refractivity contribution in [2.45, 2.75) is 31.1 Å². The summed E-state index contributed by atoms with van der Waals surface area (Å²) in [4.78, 5) is 2.36. The predicted molar refractivity (Wildman–Crippen MR) is 260 cm³/mol. The second kappa shape index (κ2) is 15.0. The summed E-state index contributed by atoms with van der Waals surface area (Å²) >= 11 is 0. The van der Waals surface area contributed by atoms with E-state index in [1.807, 2.05) is 0 Å². The van der Waals surface area contributed by atoms with Gasteiger partial charge in [0, 0.05) is 22.5 Å². The van der Waals surface area contributed by atoms with Crippen LogP contribution in [0.5, 0.6) is 0 Å². The molecular weight excluding hydrogens is 747 g/mol. The molecule has 9 aromatic carbocycles. The summed E-state index contributed by atoms with van der Waals surface area (Å²) in [7, 11) is 0. The Hall–Kier alpha value is -7.22. The van der Waals surface area contributed by atoms with E-state index in [-0.39, 0.29) is 5.41 Å². The summed E-state index contributed by atoms with van der Waals surface area (Å²) in [5, 5.41) is 0. The molecule has 0 N–H and O–H groups in total. The molecule has 3 unspecified atom stereocenters. The van der Waals surface area contributed by atoms with E-state index >= 15 is 0 Å². The van der Waals surface area contributed by atoms with Crippen molar-refractivity contribution in [3.05, 3.63) is 236 Å². The average Bonchev–Trinajstić information content (AvgIpc) is 4.05. The summed E-state index contributed by atoms with van der Waals surface area (Å²) in [6.07, 6.45) is 5.47. The van der Waals surface area contributed by atoms with Gasteiger partial charge in [-0.25, -0.2) is 0 Å². The summed E-state index contributed by atoms with van der Waals surface area (Å²) in [5.41, 5.74) is 22.0. The van der Waals surface area contributed by atoms with E-state index in [9.17, 15) is 0 Å². The molecule has 2 fully saturated rings. The molecule has 3 aliphatic rings. The minimum Gasteiger partial charge on any atom is -0.311 e. The monoisotopic (exact) mass is 793 g/mol. The van der Waals surface area contributed by atoms with E-state index in [1.165, 1.54) is 92.4 Å².